The Morgan fingerprint density at radius 2 is 1.69 bits per heavy atom. The minimum atomic E-state index is -0.295. The van der Waals surface area contributed by atoms with Gasteiger partial charge in [-0.3, -0.25) is 4.79 Å². The number of carbonyl (C=O) groups is 1. The van der Waals surface area contributed by atoms with Gasteiger partial charge in [0.1, 0.15) is 5.75 Å². The molecule has 0 heterocycles. The van der Waals surface area contributed by atoms with Crippen LogP contribution in [0.4, 0.5) is 0 Å². The van der Waals surface area contributed by atoms with Gasteiger partial charge in [-0.1, -0.05) is 48.0 Å². The summed E-state index contributed by atoms with van der Waals surface area (Å²) < 4.78 is 5.56. The highest BCUT2D eigenvalue weighted by Crippen LogP contribution is 2.20. The number of ether oxygens (including phenoxy) is 1. The van der Waals surface area contributed by atoms with Crippen molar-refractivity contribution in [2.75, 3.05) is 6.61 Å². The molecule has 0 fully saturated rings. The molecule has 0 radical (unpaired) electrons. The van der Waals surface area contributed by atoms with Crippen LogP contribution in [0.5, 0.6) is 5.75 Å². The van der Waals surface area contributed by atoms with Gasteiger partial charge < -0.3 is 4.74 Å². The van der Waals surface area contributed by atoms with E-state index in [4.69, 9.17) is 4.74 Å². The van der Waals surface area contributed by atoms with Crippen molar-refractivity contribution in [1.82, 2.24) is 5.43 Å². The monoisotopic (exact) mass is 346 g/mol. The van der Waals surface area contributed by atoms with Gasteiger partial charge >= 0.3 is 0 Å². The maximum Gasteiger partial charge on any atom is 0.277 e. The summed E-state index contributed by atoms with van der Waals surface area (Å²) in [5, 5.41) is 6.26. The van der Waals surface area contributed by atoms with Gasteiger partial charge in [0.15, 0.2) is 6.61 Å². The Morgan fingerprint density at radius 1 is 1.00 bits per heavy atom. The Labute approximate surface area is 153 Å². The molecule has 26 heavy (non-hydrogen) atoms. The molecule has 1 amide bonds. The normalized spacial score (nSPS) is 11.0. The number of benzene rings is 3. The van der Waals surface area contributed by atoms with Crippen molar-refractivity contribution < 1.29 is 9.53 Å². The molecule has 0 unspecified atom stereocenters. The van der Waals surface area contributed by atoms with E-state index in [2.05, 4.69) is 29.6 Å². The molecular formula is C22H22N2O2. The second-order valence-corrected chi connectivity index (χ2v) is 6.40. The first kappa shape index (κ1) is 17.7. The van der Waals surface area contributed by atoms with Gasteiger partial charge in [-0.2, -0.15) is 5.10 Å². The lowest BCUT2D eigenvalue weighted by atomic mass is 10.0. The minimum absolute atomic E-state index is 0.0818. The van der Waals surface area contributed by atoms with Crippen molar-refractivity contribution in [3.8, 4) is 5.75 Å². The summed E-state index contributed by atoms with van der Waals surface area (Å²) in [5.41, 5.74) is 7.01. The topological polar surface area (TPSA) is 50.7 Å². The van der Waals surface area contributed by atoms with Crippen LogP contribution in [0.25, 0.3) is 10.8 Å². The molecule has 3 aromatic rings. The molecular weight excluding hydrogens is 324 g/mol. The molecule has 4 nitrogen and oxygen atoms in total. The van der Waals surface area contributed by atoms with Crippen LogP contribution < -0.4 is 10.2 Å². The highest BCUT2D eigenvalue weighted by atomic mass is 16.5. The second kappa shape index (κ2) is 7.83. The zero-order chi connectivity index (χ0) is 18.5. The Morgan fingerprint density at radius 3 is 2.42 bits per heavy atom. The summed E-state index contributed by atoms with van der Waals surface area (Å²) in [6.45, 7) is 6.05. The molecule has 0 atom stereocenters. The van der Waals surface area contributed by atoms with E-state index < -0.39 is 0 Å². The zero-order valence-corrected chi connectivity index (χ0v) is 15.2. The summed E-state index contributed by atoms with van der Waals surface area (Å²) in [4.78, 5) is 11.9. The number of aryl methyl sites for hydroxylation is 3. The minimum Gasteiger partial charge on any atom is -0.484 e. The maximum absolute atomic E-state index is 11.9. The van der Waals surface area contributed by atoms with E-state index in [-0.39, 0.29) is 12.5 Å². The van der Waals surface area contributed by atoms with E-state index in [0.717, 1.165) is 27.5 Å². The van der Waals surface area contributed by atoms with Crippen molar-refractivity contribution in [3.63, 3.8) is 0 Å². The second-order valence-electron chi connectivity index (χ2n) is 6.40. The molecule has 0 spiro atoms. The third kappa shape index (κ3) is 4.28. The van der Waals surface area contributed by atoms with Crippen molar-refractivity contribution in [3.05, 3.63) is 76.9 Å². The average molecular weight is 346 g/mol. The number of rotatable bonds is 5. The fourth-order valence-electron chi connectivity index (χ4n) is 3.00. The Hall–Kier alpha value is -3.14. The molecule has 132 valence electrons. The third-order valence-corrected chi connectivity index (χ3v) is 4.21. The van der Waals surface area contributed by atoms with E-state index in [0.29, 0.717) is 5.75 Å². The average Bonchev–Trinajstić information content (AvgIpc) is 2.62. The van der Waals surface area contributed by atoms with Gasteiger partial charge in [0, 0.05) is 5.56 Å². The molecule has 0 aliphatic heterocycles. The zero-order valence-electron chi connectivity index (χ0n) is 15.2. The molecule has 0 aromatic heterocycles. The van der Waals surface area contributed by atoms with Crippen LogP contribution in [0.1, 0.15) is 22.3 Å². The summed E-state index contributed by atoms with van der Waals surface area (Å²) in [5.74, 6) is 0.366. The Balaban J connectivity index is 1.57. The lowest BCUT2D eigenvalue weighted by Crippen LogP contribution is -2.24. The van der Waals surface area contributed by atoms with Crippen molar-refractivity contribution in [2.45, 2.75) is 20.8 Å². The van der Waals surface area contributed by atoms with Crippen molar-refractivity contribution in [2.24, 2.45) is 5.10 Å². The number of hydrogen-bond acceptors (Lipinski definition) is 3. The van der Waals surface area contributed by atoms with Gasteiger partial charge in [-0.15, -0.1) is 0 Å². The fourth-order valence-corrected chi connectivity index (χ4v) is 3.00. The summed E-state index contributed by atoms with van der Waals surface area (Å²) in [6, 6.07) is 18.0. The number of nitrogens with one attached hydrogen (secondary N) is 1. The first-order chi connectivity index (χ1) is 12.5. The van der Waals surface area contributed by atoms with Crippen molar-refractivity contribution in [1.29, 1.82) is 0 Å². The predicted octanol–water partition coefficient (Wildman–Crippen LogP) is 4.29. The van der Waals surface area contributed by atoms with E-state index in [9.17, 15) is 4.79 Å². The number of nitrogens with zero attached hydrogens (tertiary/aromatic N) is 1. The third-order valence-electron chi connectivity index (χ3n) is 4.21. The maximum atomic E-state index is 11.9. The van der Waals surface area contributed by atoms with E-state index in [1.165, 1.54) is 5.56 Å². The van der Waals surface area contributed by atoms with Crippen molar-refractivity contribution >= 4 is 22.9 Å². The molecule has 0 aliphatic carbocycles. The van der Waals surface area contributed by atoms with E-state index in [1.807, 2.05) is 56.3 Å². The van der Waals surface area contributed by atoms with Crippen LogP contribution in [0.15, 0.2) is 59.7 Å². The largest absolute Gasteiger partial charge is 0.484 e. The summed E-state index contributed by atoms with van der Waals surface area (Å²) in [7, 11) is 0. The Bertz CT molecular complexity index is 954. The molecule has 3 rings (SSSR count). The predicted molar refractivity (Wildman–Crippen MR) is 106 cm³/mol. The molecule has 4 heteroatoms. The van der Waals surface area contributed by atoms with Gasteiger partial charge in [0.25, 0.3) is 5.91 Å². The molecule has 1 N–H and O–H groups in total. The quantitative estimate of drug-likeness (QED) is 0.553. The van der Waals surface area contributed by atoms with E-state index in [1.54, 1.807) is 6.21 Å². The smallest absolute Gasteiger partial charge is 0.277 e. The van der Waals surface area contributed by atoms with Crippen LogP contribution in [0, 0.1) is 20.8 Å². The summed E-state index contributed by atoms with van der Waals surface area (Å²) >= 11 is 0. The highest BCUT2D eigenvalue weighted by molar-refractivity contribution is 5.86. The highest BCUT2D eigenvalue weighted by Gasteiger charge is 2.04. The van der Waals surface area contributed by atoms with Crippen LogP contribution in [-0.2, 0) is 4.79 Å². The number of fused-ring (bicyclic) bond motifs is 1. The first-order valence-corrected chi connectivity index (χ1v) is 8.54. The lowest BCUT2D eigenvalue weighted by molar-refractivity contribution is -0.123. The molecule has 0 bridgehead atoms. The molecule has 0 aliphatic rings. The SMILES string of the molecule is Cc1cc(C)c(/C=N\NC(=O)COc2ccc3ccccc3c2)c(C)c1. The van der Waals surface area contributed by atoms with Crippen LogP contribution in [0.2, 0.25) is 0 Å². The number of hydrazone groups is 1. The molecule has 0 saturated heterocycles. The standard InChI is InChI=1S/C22H22N2O2/c1-15-10-16(2)21(17(3)11-15)13-23-24-22(25)14-26-20-9-8-18-6-4-5-7-19(18)12-20/h4-13H,14H2,1-3H3,(H,24,25)/b23-13-. The summed E-state index contributed by atoms with van der Waals surface area (Å²) in [6.07, 6.45) is 1.68. The van der Waals surface area contributed by atoms with Crippen LogP contribution in [-0.4, -0.2) is 18.7 Å². The van der Waals surface area contributed by atoms with Gasteiger partial charge in [0.05, 0.1) is 6.21 Å². The lowest BCUT2D eigenvalue weighted by Gasteiger charge is -2.07. The fraction of sp³-hybridized carbons (Fsp3) is 0.182. The Kier molecular flexibility index (Phi) is 5.32. The number of carbonyl (C=O) groups excluding carboxylic acids is 1. The van der Waals surface area contributed by atoms with Crippen LogP contribution >= 0.6 is 0 Å². The van der Waals surface area contributed by atoms with Gasteiger partial charge in [0.2, 0.25) is 0 Å². The molecule has 0 saturated carbocycles. The number of amides is 1. The van der Waals surface area contributed by atoms with Gasteiger partial charge in [-0.05, 0) is 54.8 Å². The number of hydrogen-bond donors (Lipinski definition) is 1. The molecule has 3 aromatic carbocycles. The first-order valence-electron chi connectivity index (χ1n) is 8.54. The van der Waals surface area contributed by atoms with Crippen LogP contribution in [0.3, 0.4) is 0 Å². The van der Waals surface area contributed by atoms with E-state index >= 15 is 0 Å². The van der Waals surface area contributed by atoms with Gasteiger partial charge in [-0.25, -0.2) is 5.43 Å².